The highest BCUT2D eigenvalue weighted by Gasteiger charge is 2.10. The van der Waals surface area contributed by atoms with Crippen LogP contribution in [-0.4, -0.2) is 13.2 Å². The summed E-state index contributed by atoms with van der Waals surface area (Å²) in [6.07, 6.45) is 1.40. The molecule has 0 aliphatic carbocycles. The van der Waals surface area contributed by atoms with Crippen LogP contribution >= 0.6 is 0 Å². The van der Waals surface area contributed by atoms with E-state index in [1.165, 1.54) is 18.2 Å². The Labute approximate surface area is 127 Å². The molecule has 1 atom stereocenters. The molecule has 0 aliphatic rings. The molecule has 0 saturated heterocycles. The zero-order valence-electron chi connectivity index (χ0n) is 12.1. The first-order chi connectivity index (χ1) is 10.6. The lowest BCUT2D eigenvalue weighted by molar-refractivity contribution is 0.287. The minimum Gasteiger partial charge on any atom is -0.491 e. The highest BCUT2D eigenvalue weighted by molar-refractivity contribution is 5.24. The number of halogens is 3. The van der Waals surface area contributed by atoms with Crippen LogP contribution in [0.2, 0.25) is 0 Å². The predicted octanol–water partition coefficient (Wildman–Crippen LogP) is 4.01. The fourth-order valence-electron chi connectivity index (χ4n) is 2.26. The average molecular weight is 309 g/mol. The molecule has 0 heterocycles. The van der Waals surface area contributed by atoms with Crippen LogP contribution in [0, 0.1) is 17.5 Å². The molecule has 5 heteroatoms. The average Bonchev–Trinajstić information content (AvgIpc) is 2.50. The standard InChI is InChI=1S/C17H18F3NO/c18-14-5-3-12(4-6-14)13(11-21)2-1-9-22-17-8-7-15(19)10-16(17)20/h3-8,10,13H,1-2,9,11,21H2. The smallest absolute Gasteiger partial charge is 0.167 e. The monoisotopic (exact) mass is 309 g/mol. The quantitative estimate of drug-likeness (QED) is 0.784. The lowest BCUT2D eigenvalue weighted by Crippen LogP contribution is -2.14. The summed E-state index contributed by atoms with van der Waals surface area (Å²) < 4.78 is 44.4. The summed E-state index contributed by atoms with van der Waals surface area (Å²) in [5, 5.41) is 0. The Hall–Kier alpha value is -2.01. The molecule has 0 bridgehead atoms. The Morgan fingerprint density at radius 1 is 0.955 bits per heavy atom. The van der Waals surface area contributed by atoms with Gasteiger partial charge in [-0.2, -0.15) is 0 Å². The Morgan fingerprint density at radius 3 is 2.27 bits per heavy atom. The van der Waals surface area contributed by atoms with Gasteiger partial charge in [-0.25, -0.2) is 13.2 Å². The summed E-state index contributed by atoms with van der Waals surface area (Å²) in [4.78, 5) is 0. The van der Waals surface area contributed by atoms with Crippen LogP contribution in [-0.2, 0) is 0 Å². The van der Waals surface area contributed by atoms with E-state index >= 15 is 0 Å². The van der Waals surface area contributed by atoms with Crippen molar-refractivity contribution in [1.29, 1.82) is 0 Å². The fourth-order valence-corrected chi connectivity index (χ4v) is 2.26. The van der Waals surface area contributed by atoms with Crippen molar-refractivity contribution in [2.45, 2.75) is 18.8 Å². The molecule has 0 aromatic heterocycles. The number of rotatable bonds is 7. The van der Waals surface area contributed by atoms with Crippen LogP contribution < -0.4 is 10.5 Å². The van der Waals surface area contributed by atoms with Gasteiger partial charge in [-0.3, -0.25) is 0 Å². The Kier molecular flexibility index (Phi) is 5.83. The molecule has 22 heavy (non-hydrogen) atoms. The maximum Gasteiger partial charge on any atom is 0.167 e. The summed E-state index contributed by atoms with van der Waals surface area (Å²) in [6, 6.07) is 9.45. The van der Waals surface area contributed by atoms with Crippen molar-refractivity contribution < 1.29 is 17.9 Å². The molecule has 0 radical (unpaired) electrons. The second-order valence-electron chi connectivity index (χ2n) is 5.05. The van der Waals surface area contributed by atoms with Crippen LogP contribution in [0.3, 0.4) is 0 Å². The van der Waals surface area contributed by atoms with E-state index in [9.17, 15) is 13.2 Å². The first-order valence-corrected chi connectivity index (χ1v) is 7.13. The molecule has 118 valence electrons. The third-order valence-electron chi connectivity index (χ3n) is 3.47. The van der Waals surface area contributed by atoms with E-state index in [2.05, 4.69) is 0 Å². The maximum absolute atomic E-state index is 13.4. The molecular weight excluding hydrogens is 291 g/mol. The zero-order chi connectivity index (χ0) is 15.9. The Balaban J connectivity index is 1.82. The van der Waals surface area contributed by atoms with Crippen molar-refractivity contribution in [2.75, 3.05) is 13.2 Å². The van der Waals surface area contributed by atoms with Gasteiger partial charge in [0.15, 0.2) is 11.6 Å². The highest BCUT2D eigenvalue weighted by atomic mass is 19.1. The second kappa shape index (κ2) is 7.84. The normalized spacial score (nSPS) is 12.2. The minimum absolute atomic E-state index is 0.0347. The van der Waals surface area contributed by atoms with Crippen molar-refractivity contribution in [2.24, 2.45) is 5.73 Å². The van der Waals surface area contributed by atoms with E-state index in [4.69, 9.17) is 10.5 Å². The van der Waals surface area contributed by atoms with Crippen molar-refractivity contribution in [3.63, 3.8) is 0 Å². The van der Waals surface area contributed by atoms with Gasteiger partial charge >= 0.3 is 0 Å². The van der Waals surface area contributed by atoms with E-state index in [1.807, 2.05) is 0 Å². The number of hydrogen-bond donors (Lipinski definition) is 1. The first-order valence-electron chi connectivity index (χ1n) is 7.13. The van der Waals surface area contributed by atoms with Crippen LogP contribution in [0.5, 0.6) is 5.75 Å². The lowest BCUT2D eigenvalue weighted by atomic mass is 9.94. The van der Waals surface area contributed by atoms with Gasteiger partial charge in [-0.15, -0.1) is 0 Å². The number of nitrogens with two attached hydrogens (primary N) is 1. The van der Waals surface area contributed by atoms with Crippen LogP contribution in [0.15, 0.2) is 42.5 Å². The van der Waals surface area contributed by atoms with Crippen molar-refractivity contribution in [1.82, 2.24) is 0 Å². The molecule has 2 rings (SSSR count). The van der Waals surface area contributed by atoms with Gasteiger partial charge < -0.3 is 10.5 Å². The van der Waals surface area contributed by atoms with Gasteiger partial charge in [-0.1, -0.05) is 12.1 Å². The molecule has 0 fully saturated rings. The van der Waals surface area contributed by atoms with Gasteiger partial charge in [0.2, 0.25) is 0 Å². The SMILES string of the molecule is NCC(CCCOc1ccc(F)cc1F)c1ccc(F)cc1. The molecule has 0 aliphatic heterocycles. The fraction of sp³-hybridized carbons (Fsp3) is 0.294. The third-order valence-corrected chi connectivity index (χ3v) is 3.47. The topological polar surface area (TPSA) is 35.2 Å². The van der Waals surface area contributed by atoms with E-state index in [1.54, 1.807) is 12.1 Å². The summed E-state index contributed by atoms with van der Waals surface area (Å²) >= 11 is 0. The maximum atomic E-state index is 13.4. The lowest BCUT2D eigenvalue weighted by Gasteiger charge is -2.15. The number of ether oxygens (including phenoxy) is 1. The Bertz CT molecular complexity index is 601. The number of benzene rings is 2. The zero-order valence-corrected chi connectivity index (χ0v) is 12.1. The molecule has 2 aromatic rings. The highest BCUT2D eigenvalue weighted by Crippen LogP contribution is 2.22. The van der Waals surface area contributed by atoms with Crippen LogP contribution in [0.4, 0.5) is 13.2 Å². The van der Waals surface area contributed by atoms with Crippen LogP contribution in [0.25, 0.3) is 0 Å². The largest absolute Gasteiger partial charge is 0.491 e. The van der Waals surface area contributed by atoms with Crippen LogP contribution in [0.1, 0.15) is 24.3 Å². The summed E-state index contributed by atoms with van der Waals surface area (Å²) in [5.74, 6) is -1.50. The molecule has 2 aromatic carbocycles. The molecule has 0 spiro atoms. The van der Waals surface area contributed by atoms with E-state index in [0.29, 0.717) is 19.6 Å². The molecule has 0 saturated carbocycles. The Morgan fingerprint density at radius 2 is 1.64 bits per heavy atom. The van der Waals surface area contributed by atoms with Crippen molar-refractivity contribution in [3.8, 4) is 5.75 Å². The summed E-state index contributed by atoms with van der Waals surface area (Å²) in [5.41, 5.74) is 6.71. The molecule has 0 amide bonds. The summed E-state index contributed by atoms with van der Waals surface area (Å²) in [7, 11) is 0. The second-order valence-corrected chi connectivity index (χ2v) is 5.05. The van der Waals surface area contributed by atoms with Gasteiger partial charge in [0, 0.05) is 6.07 Å². The number of hydrogen-bond acceptors (Lipinski definition) is 2. The van der Waals surface area contributed by atoms with Gasteiger partial charge in [0.05, 0.1) is 6.61 Å². The van der Waals surface area contributed by atoms with E-state index in [-0.39, 0.29) is 17.5 Å². The first kappa shape index (κ1) is 16.4. The van der Waals surface area contributed by atoms with E-state index in [0.717, 1.165) is 24.1 Å². The molecular formula is C17H18F3NO. The third kappa shape index (κ3) is 4.49. The summed E-state index contributed by atoms with van der Waals surface area (Å²) in [6.45, 7) is 0.747. The van der Waals surface area contributed by atoms with Crippen molar-refractivity contribution in [3.05, 3.63) is 65.5 Å². The molecule has 2 nitrogen and oxygen atoms in total. The van der Waals surface area contributed by atoms with Gasteiger partial charge in [0.25, 0.3) is 0 Å². The minimum atomic E-state index is -0.714. The van der Waals surface area contributed by atoms with Gasteiger partial charge in [0.1, 0.15) is 11.6 Å². The van der Waals surface area contributed by atoms with E-state index < -0.39 is 11.6 Å². The predicted molar refractivity (Wildman–Crippen MR) is 79.3 cm³/mol. The van der Waals surface area contributed by atoms with Gasteiger partial charge in [-0.05, 0) is 55.1 Å². The molecule has 1 unspecified atom stereocenters. The molecule has 2 N–H and O–H groups in total. The van der Waals surface area contributed by atoms with Crippen molar-refractivity contribution >= 4 is 0 Å².